The molecule has 2 nitrogen and oxygen atoms in total. The van der Waals surface area contributed by atoms with Crippen molar-refractivity contribution < 1.29 is 10.2 Å². The van der Waals surface area contributed by atoms with E-state index in [0.29, 0.717) is 6.61 Å². The molecule has 0 amide bonds. The first kappa shape index (κ1) is 12.6. The second kappa shape index (κ2) is 7.03. The average Bonchev–Trinajstić information content (AvgIpc) is 1.87. The van der Waals surface area contributed by atoms with Gasteiger partial charge in [-0.05, 0) is 26.7 Å². The van der Waals surface area contributed by atoms with Gasteiger partial charge in [-0.3, -0.25) is 0 Å². The Hall–Kier alpha value is -0.0800. The molecule has 0 aromatic carbocycles. The van der Waals surface area contributed by atoms with Gasteiger partial charge in [0.05, 0.1) is 5.60 Å². The summed E-state index contributed by atoms with van der Waals surface area (Å²) in [7, 11) is 0. The largest absolute Gasteiger partial charge is 0.396 e. The number of aliphatic hydroxyl groups excluding tert-OH is 1. The topological polar surface area (TPSA) is 40.5 Å². The maximum absolute atomic E-state index is 8.83. The molecule has 0 rings (SSSR count). The molecule has 0 heterocycles. The normalized spacial score (nSPS) is 10.2. The van der Waals surface area contributed by atoms with Crippen LogP contribution in [0.25, 0.3) is 0 Å². The second-order valence-electron chi connectivity index (χ2n) is 2.89. The molecule has 0 aliphatic rings. The average molecular weight is 148 g/mol. The van der Waals surface area contributed by atoms with Crippen LogP contribution in [0.4, 0.5) is 0 Å². The highest BCUT2D eigenvalue weighted by Gasteiger charge is 2.05. The lowest BCUT2D eigenvalue weighted by molar-refractivity contribution is 0.0765. The molecule has 0 saturated heterocycles. The lowest BCUT2D eigenvalue weighted by Gasteiger charge is -2.11. The van der Waals surface area contributed by atoms with Crippen molar-refractivity contribution in [3.05, 3.63) is 0 Å². The molecule has 0 aliphatic heterocycles. The van der Waals surface area contributed by atoms with Gasteiger partial charge in [0.25, 0.3) is 0 Å². The first-order valence-electron chi connectivity index (χ1n) is 3.81. The Bertz CT molecular complexity index is 52.8. The first-order chi connectivity index (χ1) is 4.47. The smallest absolute Gasteiger partial charge is 0.0589 e. The molecule has 0 saturated carbocycles. The molecule has 0 radical (unpaired) electrons. The molecule has 64 valence electrons. The van der Waals surface area contributed by atoms with E-state index < -0.39 is 5.60 Å². The zero-order valence-corrected chi connectivity index (χ0v) is 7.52. The third kappa shape index (κ3) is 24.7. The third-order valence-corrected chi connectivity index (χ3v) is 1.09. The number of hydrogen-bond donors (Lipinski definition) is 2. The van der Waals surface area contributed by atoms with E-state index in [1.807, 2.05) is 13.8 Å². The van der Waals surface area contributed by atoms with Crippen molar-refractivity contribution in [2.45, 2.75) is 46.1 Å². The Morgan fingerprint density at radius 3 is 1.40 bits per heavy atom. The van der Waals surface area contributed by atoms with Crippen LogP contribution in [-0.4, -0.2) is 22.4 Å². The van der Waals surface area contributed by atoms with E-state index in [4.69, 9.17) is 10.2 Å². The molecular formula is C8H20O2. The predicted octanol–water partition coefficient (Wildman–Crippen LogP) is 1.56. The molecule has 0 aromatic heterocycles. The molecular weight excluding hydrogens is 128 g/mol. The van der Waals surface area contributed by atoms with E-state index in [-0.39, 0.29) is 0 Å². The fourth-order valence-electron chi connectivity index (χ4n) is 0. The molecule has 0 bridgehead atoms. The minimum Gasteiger partial charge on any atom is -0.396 e. The molecule has 10 heavy (non-hydrogen) atoms. The van der Waals surface area contributed by atoms with E-state index in [0.717, 1.165) is 12.8 Å². The summed E-state index contributed by atoms with van der Waals surface area (Å²) in [6.07, 6.45) is 1.70. The number of rotatable bonds is 2. The van der Waals surface area contributed by atoms with Crippen LogP contribution < -0.4 is 0 Å². The Kier molecular flexibility index (Phi) is 8.85. The second-order valence-corrected chi connectivity index (χ2v) is 2.89. The summed E-state index contributed by atoms with van der Waals surface area (Å²) in [5, 5.41) is 16.7. The van der Waals surface area contributed by atoms with Crippen molar-refractivity contribution in [2.75, 3.05) is 6.61 Å². The van der Waals surface area contributed by atoms with Crippen LogP contribution in [0, 0.1) is 0 Å². The van der Waals surface area contributed by atoms with Gasteiger partial charge >= 0.3 is 0 Å². The summed E-state index contributed by atoms with van der Waals surface area (Å²) in [6, 6.07) is 0. The minimum absolute atomic E-state index is 0.319. The molecule has 0 spiro atoms. The first-order valence-corrected chi connectivity index (χ1v) is 3.81. The van der Waals surface area contributed by atoms with E-state index in [9.17, 15) is 0 Å². The van der Waals surface area contributed by atoms with Crippen LogP contribution in [0.2, 0.25) is 0 Å². The van der Waals surface area contributed by atoms with Gasteiger partial charge in [-0.25, -0.2) is 0 Å². The van der Waals surface area contributed by atoms with Crippen LogP contribution in [0.1, 0.15) is 40.5 Å². The molecule has 0 atom stereocenters. The van der Waals surface area contributed by atoms with Crippen LogP contribution >= 0.6 is 0 Å². The van der Waals surface area contributed by atoms with Gasteiger partial charge in [-0.2, -0.15) is 0 Å². The summed E-state index contributed by atoms with van der Waals surface area (Å²) in [5.41, 5.74) is -0.458. The maximum atomic E-state index is 8.83. The highest BCUT2D eigenvalue weighted by atomic mass is 16.3. The van der Waals surface area contributed by atoms with E-state index in [2.05, 4.69) is 0 Å². The van der Waals surface area contributed by atoms with Crippen LogP contribution in [0.3, 0.4) is 0 Å². The quantitative estimate of drug-likeness (QED) is 0.624. The van der Waals surface area contributed by atoms with Crippen molar-refractivity contribution in [1.29, 1.82) is 0 Å². The fraction of sp³-hybridized carbons (Fsp3) is 1.00. The highest BCUT2D eigenvalue weighted by molar-refractivity contribution is 4.59. The molecule has 0 fully saturated rings. The molecule has 2 N–H and O–H groups in total. The highest BCUT2D eigenvalue weighted by Crippen LogP contribution is 2.03. The molecule has 2 heteroatoms. The Labute approximate surface area is 63.9 Å². The lowest BCUT2D eigenvalue weighted by Crippen LogP contribution is -2.15. The van der Waals surface area contributed by atoms with E-state index in [1.54, 1.807) is 13.8 Å². The molecule has 0 aliphatic carbocycles. The van der Waals surface area contributed by atoms with E-state index in [1.165, 1.54) is 0 Å². The molecule has 0 unspecified atom stereocenters. The zero-order valence-electron chi connectivity index (χ0n) is 7.52. The summed E-state index contributed by atoms with van der Waals surface area (Å²) < 4.78 is 0. The monoisotopic (exact) mass is 148 g/mol. The summed E-state index contributed by atoms with van der Waals surface area (Å²) in [6.45, 7) is 7.81. The van der Waals surface area contributed by atoms with Gasteiger partial charge in [0.15, 0.2) is 0 Å². The van der Waals surface area contributed by atoms with Crippen molar-refractivity contribution in [3.8, 4) is 0 Å². The Balaban J connectivity index is 0. The van der Waals surface area contributed by atoms with Crippen LogP contribution in [-0.2, 0) is 0 Å². The predicted molar refractivity (Wildman–Crippen MR) is 44.0 cm³/mol. The summed E-state index contributed by atoms with van der Waals surface area (Å²) in [5.74, 6) is 0. The van der Waals surface area contributed by atoms with Gasteiger partial charge in [0.1, 0.15) is 0 Å². The standard InChI is InChI=1S/C5H12O.C3H8O/c1-4-5(2,3)6;1-2-3-4/h6H,4H2,1-3H3;4H,2-3H2,1H3. The van der Waals surface area contributed by atoms with Gasteiger partial charge in [0, 0.05) is 6.61 Å². The van der Waals surface area contributed by atoms with Crippen molar-refractivity contribution in [1.82, 2.24) is 0 Å². The minimum atomic E-state index is -0.458. The van der Waals surface area contributed by atoms with Gasteiger partial charge in [-0.1, -0.05) is 13.8 Å². The number of aliphatic hydroxyl groups is 2. The van der Waals surface area contributed by atoms with Gasteiger partial charge < -0.3 is 10.2 Å². The maximum Gasteiger partial charge on any atom is 0.0589 e. The van der Waals surface area contributed by atoms with E-state index >= 15 is 0 Å². The SMILES string of the molecule is CCC(C)(C)O.CCCO. The van der Waals surface area contributed by atoms with Crippen molar-refractivity contribution >= 4 is 0 Å². The van der Waals surface area contributed by atoms with Gasteiger partial charge in [-0.15, -0.1) is 0 Å². The van der Waals surface area contributed by atoms with Crippen LogP contribution in [0.5, 0.6) is 0 Å². The summed E-state index contributed by atoms with van der Waals surface area (Å²) in [4.78, 5) is 0. The number of hydrogen-bond acceptors (Lipinski definition) is 2. The van der Waals surface area contributed by atoms with Crippen molar-refractivity contribution in [3.63, 3.8) is 0 Å². The fourth-order valence-corrected chi connectivity index (χ4v) is 0. The third-order valence-electron chi connectivity index (χ3n) is 1.09. The Morgan fingerprint density at radius 2 is 1.40 bits per heavy atom. The Morgan fingerprint density at radius 1 is 1.20 bits per heavy atom. The molecule has 0 aromatic rings. The zero-order chi connectivity index (χ0) is 8.62. The lowest BCUT2D eigenvalue weighted by atomic mass is 10.1. The summed E-state index contributed by atoms with van der Waals surface area (Å²) >= 11 is 0. The van der Waals surface area contributed by atoms with Crippen LogP contribution in [0.15, 0.2) is 0 Å². The van der Waals surface area contributed by atoms with Crippen molar-refractivity contribution in [2.24, 2.45) is 0 Å². The van der Waals surface area contributed by atoms with Gasteiger partial charge in [0.2, 0.25) is 0 Å².